The zero-order valence-corrected chi connectivity index (χ0v) is 15.7. The standard InChI is InChI=1S/C17H27NO7/c1-12(11-23-13(20)9-8-10-19)18(14(21)24-16(2,3)4)15(22)25-17(5,6)7/h10H,1,8-9,11H2,2-7H3. The lowest BCUT2D eigenvalue weighted by atomic mass is 10.2. The van der Waals surface area contributed by atoms with Crippen LogP contribution in [0.5, 0.6) is 0 Å². The van der Waals surface area contributed by atoms with Crippen molar-refractivity contribution >= 4 is 24.4 Å². The van der Waals surface area contributed by atoms with Crippen molar-refractivity contribution in [2.75, 3.05) is 6.61 Å². The average molecular weight is 357 g/mol. The van der Waals surface area contributed by atoms with Crippen LogP contribution < -0.4 is 0 Å². The Hall–Kier alpha value is -2.38. The van der Waals surface area contributed by atoms with Gasteiger partial charge in [0.1, 0.15) is 24.1 Å². The molecule has 25 heavy (non-hydrogen) atoms. The maximum atomic E-state index is 12.3. The van der Waals surface area contributed by atoms with Crippen LogP contribution in [0.15, 0.2) is 12.3 Å². The molecule has 2 amide bonds. The predicted molar refractivity (Wildman–Crippen MR) is 89.7 cm³/mol. The van der Waals surface area contributed by atoms with Gasteiger partial charge in [0.2, 0.25) is 0 Å². The van der Waals surface area contributed by atoms with Crippen LogP contribution in [0, 0.1) is 0 Å². The lowest BCUT2D eigenvalue weighted by Gasteiger charge is -2.29. The normalized spacial score (nSPS) is 11.3. The monoisotopic (exact) mass is 357 g/mol. The third-order valence-corrected chi connectivity index (χ3v) is 2.33. The SMILES string of the molecule is C=C(COC(=O)CCC=O)N(C(=O)OC(C)(C)C)C(=O)OC(C)(C)C. The number of hydrogen-bond acceptors (Lipinski definition) is 7. The third-order valence-electron chi connectivity index (χ3n) is 2.33. The highest BCUT2D eigenvalue weighted by Gasteiger charge is 2.33. The van der Waals surface area contributed by atoms with Gasteiger partial charge in [-0.25, -0.2) is 9.59 Å². The Morgan fingerprint density at radius 1 is 0.960 bits per heavy atom. The van der Waals surface area contributed by atoms with E-state index in [0.717, 1.165) is 0 Å². The van der Waals surface area contributed by atoms with Gasteiger partial charge < -0.3 is 19.0 Å². The van der Waals surface area contributed by atoms with Crippen molar-refractivity contribution in [2.45, 2.75) is 65.6 Å². The van der Waals surface area contributed by atoms with Gasteiger partial charge in [-0.1, -0.05) is 6.58 Å². The number of esters is 1. The summed E-state index contributed by atoms with van der Waals surface area (Å²) in [5.74, 6) is -0.651. The number of rotatable bonds is 6. The first-order chi connectivity index (χ1) is 11.3. The molecule has 0 saturated heterocycles. The Balaban J connectivity index is 5.13. The third kappa shape index (κ3) is 10.2. The maximum absolute atomic E-state index is 12.3. The topological polar surface area (TPSA) is 99.2 Å². The molecule has 0 spiro atoms. The second-order valence-electron chi connectivity index (χ2n) is 7.23. The second-order valence-corrected chi connectivity index (χ2v) is 7.23. The first kappa shape index (κ1) is 22.6. The summed E-state index contributed by atoms with van der Waals surface area (Å²) >= 11 is 0. The van der Waals surface area contributed by atoms with Crippen molar-refractivity contribution in [2.24, 2.45) is 0 Å². The summed E-state index contributed by atoms with van der Waals surface area (Å²) in [4.78, 5) is 46.9. The number of ether oxygens (including phenoxy) is 3. The van der Waals surface area contributed by atoms with Gasteiger partial charge in [-0.3, -0.25) is 4.79 Å². The molecule has 0 N–H and O–H groups in total. The number of nitrogens with zero attached hydrogens (tertiary/aromatic N) is 1. The smallest absolute Gasteiger partial charge is 0.424 e. The van der Waals surface area contributed by atoms with Crippen LogP contribution >= 0.6 is 0 Å². The highest BCUT2D eigenvalue weighted by atomic mass is 16.6. The summed E-state index contributed by atoms with van der Waals surface area (Å²) in [7, 11) is 0. The number of carbonyl (C=O) groups excluding carboxylic acids is 4. The fourth-order valence-corrected chi connectivity index (χ4v) is 1.43. The van der Waals surface area contributed by atoms with E-state index in [4.69, 9.17) is 14.2 Å². The first-order valence-electron chi connectivity index (χ1n) is 7.80. The van der Waals surface area contributed by atoms with E-state index >= 15 is 0 Å². The second kappa shape index (κ2) is 9.19. The van der Waals surface area contributed by atoms with Gasteiger partial charge in [-0.2, -0.15) is 4.90 Å². The number of imide groups is 1. The van der Waals surface area contributed by atoms with Gasteiger partial charge in [-0.15, -0.1) is 0 Å². The highest BCUT2D eigenvalue weighted by molar-refractivity contribution is 5.90. The molecule has 0 heterocycles. The number of carbonyl (C=O) groups is 4. The van der Waals surface area contributed by atoms with Crippen molar-refractivity contribution in [1.82, 2.24) is 4.90 Å². The molecule has 142 valence electrons. The minimum Gasteiger partial charge on any atom is -0.459 e. The fraction of sp³-hybridized carbons (Fsp3) is 0.647. The number of amides is 2. The summed E-state index contributed by atoms with van der Waals surface area (Å²) in [6.45, 7) is 13.0. The molecular formula is C17H27NO7. The van der Waals surface area contributed by atoms with Crippen LogP contribution in [0.4, 0.5) is 9.59 Å². The van der Waals surface area contributed by atoms with Crippen molar-refractivity contribution in [3.05, 3.63) is 12.3 Å². The quantitative estimate of drug-likeness (QED) is 0.409. The van der Waals surface area contributed by atoms with Gasteiger partial charge in [0.05, 0.1) is 12.1 Å². The zero-order chi connectivity index (χ0) is 19.8. The molecule has 0 bridgehead atoms. The van der Waals surface area contributed by atoms with Crippen LogP contribution in [0.1, 0.15) is 54.4 Å². The van der Waals surface area contributed by atoms with Crippen molar-refractivity contribution < 1.29 is 33.4 Å². The van der Waals surface area contributed by atoms with E-state index in [9.17, 15) is 19.2 Å². The van der Waals surface area contributed by atoms with Crippen molar-refractivity contribution in [3.8, 4) is 0 Å². The lowest BCUT2D eigenvalue weighted by Crippen LogP contribution is -2.43. The van der Waals surface area contributed by atoms with Crippen LogP contribution in [0.3, 0.4) is 0 Å². The number of aldehydes is 1. The van der Waals surface area contributed by atoms with E-state index in [0.29, 0.717) is 11.2 Å². The Labute approximate surface area is 148 Å². The van der Waals surface area contributed by atoms with Crippen LogP contribution in [0.2, 0.25) is 0 Å². The van der Waals surface area contributed by atoms with E-state index in [1.807, 2.05) is 0 Å². The Bertz CT molecular complexity index is 498. The first-order valence-corrected chi connectivity index (χ1v) is 7.80. The van der Waals surface area contributed by atoms with Gasteiger partial charge in [0, 0.05) is 6.42 Å². The average Bonchev–Trinajstić information content (AvgIpc) is 2.38. The molecule has 0 aromatic carbocycles. The van der Waals surface area contributed by atoms with E-state index in [1.165, 1.54) is 0 Å². The summed E-state index contributed by atoms with van der Waals surface area (Å²) in [6.07, 6.45) is -1.47. The molecule has 0 atom stereocenters. The molecule has 0 aromatic rings. The maximum Gasteiger partial charge on any atom is 0.424 e. The van der Waals surface area contributed by atoms with E-state index in [1.54, 1.807) is 41.5 Å². The fourth-order valence-electron chi connectivity index (χ4n) is 1.43. The van der Waals surface area contributed by atoms with Gasteiger partial charge in [-0.05, 0) is 41.5 Å². The van der Waals surface area contributed by atoms with E-state index in [-0.39, 0.29) is 18.5 Å². The predicted octanol–water partition coefficient (Wildman–Crippen LogP) is 3.19. The minimum absolute atomic E-state index is 0.0210. The molecular weight excluding hydrogens is 330 g/mol. The van der Waals surface area contributed by atoms with Crippen LogP contribution in [0.25, 0.3) is 0 Å². The molecule has 0 aliphatic rings. The molecule has 0 aliphatic heterocycles. The van der Waals surface area contributed by atoms with Crippen LogP contribution in [-0.2, 0) is 23.8 Å². The molecule has 0 aliphatic carbocycles. The Morgan fingerprint density at radius 3 is 1.76 bits per heavy atom. The minimum atomic E-state index is -0.990. The summed E-state index contributed by atoms with van der Waals surface area (Å²) in [6, 6.07) is 0. The van der Waals surface area contributed by atoms with Gasteiger partial charge in [0.25, 0.3) is 0 Å². The van der Waals surface area contributed by atoms with Crippen LogP contribution in [-0.4, -0.2) is 47.2 Å². The Morgan fingerprint density at radius 2 is 1.40 bits per heavy atom. The van der Waals surface area contributed by atoms with Gasteiger partial charge in [0.15, 0.2) is 0 Å². The molecule has 0 unspecified atom stereocenters. The molecule has 8 heteroatoms. The Kier molecular flexibility index (Phi) is 8.32. The molecule has 0 radical (unpaired) electrons. The molecule has 0 rings (SSSR count). The number of hydrogen-bond donors (Lipinski definition) is 0. The van der Waals surface area contributed by atoms with Crippen molar-refractivity contribution in [1.29, 1.82) is 0 Å². The molecule has 0 fully saturated rings. The summed E-state index contributed by atoms with van der Waals surface area (Å²) in [5, 5.41) is 0. The summed E-state index contributed by atoms with van der Waals surface area (Å²) < 4.78 is 15.2. The molecule has 8 nitrogen and oxygen atoms in total. The van der Waals surface area contributed by atoms with Crippen molar-refractivity contribution in [3.63, 3.8) is 0 Å². The largest absolute Gasteiger partial charge is 0.459 e. The molecule has 0 saturated carbocycles. The summed E-state index contributed by atoms with van der Waals surface area (Å²) in [5.41, 5.74) is -1.82. The molecule has 0 aromatic heterocycles. The van der Waals surface area contributed by atoms with E-state index in [2.05, 4.69) is 6.58 Å². The van der Waals surface area contributed by atoms with Gasteiger partial charge >= 0.3 is 18.2 Å². The zero-order valence-electron chi connectivity index (χ0n) is 15.7. The highest BCUT2D eigenvalue weighted by Crippen LogP contribution is 2.18. The van der Waals surface area contributed by atoms with E-state index < -0.39 is 36.0 Å². The lowest BCUT2D eigenvalue weighted by molar-refractivity contribution is -0.143.